The average Bonchev–Trinajstić information content (AvgIpc) is 3.06. The Hall–Kier alpha value is -2.14. The van der Waals surface area contributed by atoms with Crippen LogP contribution in [0.2, 0.25) is 5.15 Å². The first kappa shape index (κ1) is 17.7. The Labute approximate surface area is 151 Å². The van der Waals surface area contributed by atoms with Crippen molar-refractivity contribution in [2.45, 2.75) is 32.1 Å². The van der Waals surface area contributed by atoms with Gasteiger partial charge in [0.25, 0.3) is 0 Å². The molecular formula is C19H21ClN2O3. The number of piperidine rings is 1. The van der Waals surface area contributed by atoms with Crippen LogP contribution in [0.5, 0.6) is 0 Å². The van der Waals surface area contributed by atoms with Crippen LogP contribution in [0, 0.1) is 5.92 Å². The third-order valence-corrected chi connectivity index (χ3v) is 4.74. The summed E-state index contributed by atoms with van der Waals surface area (Å²) in [6.07, 6.45) is 2.96. The van der Waals surface area contributed by atoms with E-state index in [0.717, 1.165) is 18.4 Å². The second kappa shape index (κ2) is 8.30. The lowest BCUT2D eigenvalue weighted by Gasteiger charge is -2.32. The first-order valence-electron chi connectivity index (χ1n) is 8.57. The fraction of sp³-hybridized carbons (Fsp3) is 0.421. The van der Waals surface area contributed by atoms with Crippen molar-refractivity contribution < 1.29 is 14.1 Å². The van der Waals surface area contributed by atoms with Gasteiger partial charge in [-0.05, 0) is 18.4 Å². The molecule has 1 aliphatic rings. The van der Waals surface area contributed by atoms with Gasteiger partial charge in [-0.25, -0.2) is 0 Å². The summed E-state index contributed by atoms with van der Waals surface area (Å²) < 4.78 is 5.02. The third kappa shape index (κ3) is 4.92. The first-order chi connectivity index (χ1) is 12.1. The van der Waals surface area contributed by atoms with Gasteiger partial charge in [-0.1, -0.05) is 47.1 Å². The molecule has 1 aromatic heterocycles. The van der Waals surface area contributed by atoms with Crippen LogP contribution < -0.4 is 0 Å². The van der Waals surface area contributed by atoms with E-state index in [4.69, 9.17) is 16.1 Å². The molecule has 3 rings (SSSR count). The van der Waals surface area contributed by atoms with Crippen LogP contribution in [0.1, 0.15) is 30.6 Å². The van der Waals surface area contributed by atoms with E-state index in [1.54, 1.807) is 11.0 Å². The normalized spacial score (nSPS) is 17.5. The fourth-order valence-electron chi connectivity index (χ4n) is 3.20. The summed E-state index contributed by atoms with van der Waals surface area (Å²) >= 11 is 5.71. The lowest BCUT2D eigenvalue weighted by atomic mass is 9.90. The van der Waals surface area contributed by atoms with Gasteiger partial charge in [0, 0.05) is 44.3 Å². The van der Waals surface area contributed by atoms with Crippen LogP contribution in [0.4, 0.5) is 0 Å². The highest BCUT2D eigenvalue weighted by molar-refractivity contribution is 6.29. The van der Waals surface area contributed by atoms with Crippen molar-refractivity contribution in [3.8, 4) is 0 Å². The highest BCUT2D eigenvalue weighted by atomic mass is 35.5. The van der Waals surface area contributed by atoms with Crippen LogP contribution in [0.25, 0.3) is 0 Å². The molecule has 0 saturated carbocycles. The molecule has 1 saturated heterocycles. The van der Waals surface area contributed by atoms with Crippen molar-refractivity contribution >= 4 is 23.3 Å². The Morgan fingerprint density at radius 1 is 1.28 bits per heavy atom. The number of hydrogen-bond donors (Lipinski definition) is 0. The van der Waals surface area contributed by atoms with Gasteiger partial charge < -0.3 is 9.42 Å². The minimum Gasteiger partial charge on any atom is -0.360 e. The molecule has 0 aliphatic carbocycles. The molecule has 0 spiro atoms. The quantitative estimate of drug-likeness (QED) is 0.792. The molecular weight excluding hydrogens is 340 g/mol. The summed E-state index contributed by atoms with van der Waals surface area (Å²) in [5.74, 6) is 0.792. The summed E-state index contributed by atoms with van der Waals surface area (Å²) in [4.78, 5) is 26.8. The molecule has 0 N–H and O–H groups in total. The molecule has 5 nitrogen and oxygen atoms in total. The van der Waals surface area contributed by atoms with E-state index in [1.165, 1.54) is 0 Å². The SMILES string of the molecule is O=C(Cc1ccccc1)C1CCCN(C(=O)CCc2cc(Cl)no2)C1. The van der Waals surface area contributed by atoms with E-state index in [0.29, 0.717) is 43.3 Å². The molecule has 1 fully saturated rings. The van der Waals surface area contributed by atoms with Gasteiger partial charge >= 0.3 is 0 Å². The highest BCUT2D eigenvalue weighted by Gasteiger charge is 2.28. The molecule has 1 atom stereocenters. The summed E-state index contributed by atoms with van der Waals surface area (Å²) in [5.41, 5.74) is 1.03. The molecule has 25 heavy (non-hydrogen) atoms. The lowest BCUT2D eigenvalue weighted by molar-refractivity contribution is -0.135. The van der Waals surface area contributed by atoms with Crippen LogP contribution >= 0.6 is 11.6 Å². The van der Waals surface area contributed by atoms with Crippen LogP contribution in [-0.2, 0) is 22.4 Å². The molecule has 2 heterocycles. The number of halogens is 1. The molecule has 1 unspecified atom stereocenters. The molecule has 0 bridgehead atoms. The highest BCUT2D eigenvalue weighted by Crippen LogP contribution is 2.20. The van der Waals surface area contributed by atoms with Gasteiger partial charge in [0.05, 0.1) is 0 Å². The Morgan fingerprint density at radius 2 is 2.08 bits per heavy atom. The van der Waals surface area contributed by atoms with Crippen LogP contribution in [0.15, 0.2) is 40.9 Å². The Kier molecular flexibility index (Phi) is 5.87. The summed E-state index contributed by atoms with van der Waals surface area (Å²) in [6.45, 7) is 1.23. The zero-order chi connectivity index (χ0) is 17.6. The maximum Gasteiger partial charge on any atom is 0.223 e. The van der Waals surface area contributed by atoms with Gasteiger partial charge in [0.15, 0.2) is 5.15 Å². The van der Waals surface area contributed by atoms with Gasteiger partial charge in [-0.2, -0.15) is 0 Å². The second-order valence-electron chi connectivity index (χ2n) is 6.42. The molecule has 1 aliphatic heterocycles. The maximum absolute atomic E-state index is 12.5. The number of ketones is 1. The number of rotatable bonds is 6. The van der Waals surface area contributed by atoms with Crippen molar-refractivity contribution in [2.24, 2.45) is 5.92 Å². The van der Waals surface area contributed by atoms with Crippen molar-refractivity contribution in [1.29, 1.82) is 0 Å². The van der Waals surface area contributed by atoms with Crippen LogP contribution in [0.3, 0.4) is 0 Å². The average molecular weight is 361 g/mol. The first-order valence-corrected chi connectivity index (χ1v) is 8.95. The number of aromatic nitrogens is 1. The van der Waals surface area contributed by atoms with Gasteiger partial charge in [0.1, 0.15) is 11.5 Å². The predicted molar refractivity (Wildman–Crippen MR) is 94.3 cm³/mol. The minimum absolute atomic E-state index is 0.0460. The van der Waals surface area contributed by atoms with Crippen molar-refractivity contribution in [1.82, 2.24) is 10.1 Å². The van der Waals surface area contributed by atoms with E-state index in [2.05, 4.69) is 5.16 Å². The Morgan fingerprint density at radius 3 is 2.80 bits per heavy atom. The predicted octanol–water partition coefficient (Wildman–Crippen LogP) is 3.31. The molecule has 1 aromatic carbocycles. The molecule has 132 valence electrons. The van der Waals surface area contributed by atoms with Gasteiger partial charge in [-0.3, -0.25) is 9.59 Å². The van der Waals surface area contributed by atoms with Crippen molar-refractivity contribution in [2.75, 3.05) is 13.1 Å². The largest absolute Gasteiger partial charge is 0.360 e. The maximum atomic E-state index is 12.5. The number of amides is 1. The molecule has 0 radical (unpaired) electrons. The van der Waals surface area contributed by atoms with Crippen molar-refractivity contribution in [3.63, 3.8) is 0 Å². The second-order valence-corrected chi connectivity index (χ2v) is 6.81. The van der Waals surface area contributed by atoms with Gasteiger partial charge in [0.2, 0.25) is 5.91 Å². The Bertz CT molecular complexity index is 729. The smallest absolute Gasteiger partial charge is 0.223 e. The van der Waals surface area contributed by atoms with E-state index < -0.39 is 0 Å². The van der Waals surface area contributed by atoms with Crippen molar-refractivity contribution in [3.05, 3.63) is 52.9 Å². The molecule has 2 aromatic rings. The monoisotopic (exact) mass is 360 g/mol. The number of nitrogens with zero attached hydrogens (tertiary/aromatic N) is 2. The number of benzene rings is 1. The number of hydrogen-bond acceptors (Lipinski definition) is 4. The number of likely N-dealkylation sites (tertiary alicyclic amines) is 1. The lowest BCUT2D eigenvalue weighted by Crippen LogP contribution is -2.42. The topological polar surface area (TPSA) is 63.4 Å². The number of Topliss-reactive ketones (excluding diaryl/α,β-unsaturated/α-hetero) is 1. The zero-order valence-electron chi connectivity index (χ0n) is 14.0. The summed E-state index contributed by atoms with van der Waals surface area (Å²) in [5, 5.41) is 3.90. The molecule has 1 amide bonds. The number of carbonyl (C=O) groups excluding carboxylic acids is 2. The van der Waals surface area contributed by atoms with E-state index in [1.807, 2.05) is 30.3 Å². The zero-order valence-corrected chi connectivity index (χ0v) is 14.7. The third-order valence-electron chi connectivity index (χ3n) is 4.57. The fourth-order valence-corrected chi connectivity index (χ4v) is 3.36. The van der Waals surface area contributed by atoms with E-state index in [-0.39, 0.29) is 17.6 Å². The minimum atomic E-state index is -0.0716. The summed E-state index contributed by atoms with van der Waals surface area (Å²) in [7, 11) is 0. The van der Waals surface area contributed by atoms with E-state index >= 15 is 0 Å². The molecule has 6 heteroatoms. The summed E-state index contributed by atoms with van der Waals surface area (Å²) in [6, 6.07) is 11.4. The Balaban J connectivity index is 1.51. The standard InChI is InChI=1S/C19H21ClN2O3/c20-18-12-16(25-21-18)8-9-19(24)22-10-4-7-15(13-22)17(23)11-14-5-2-1-3-6-14/h1-3,5-6,12,15H,4,7-11,13H2. The number of aryl methyl sites for hydroxylation is 1. The van der Waals surface area contributed by atoms with Gasteiger partial charge in [-0.15, -0.1) is 0 Å². The van der Waals surface area contributed by atoms with E-state index in [9.17, 15) is 9.59 Å². The van der Waals surface area contributed by atoms with Crippen LogP contribution in [-0.4, -0.2) is 34.8 Å². The number of carbonyl (C=O) groups is 2.